The molecule has 0 saturated carbocycles. The number of anilines is 1. The number of rotatable bonds is 3. The van der Waals surface area contributed by atoms with Crippen LogP contribution in [0.3, 0.4) is 0 Å². The van der Waals surface area contributed by atoms with Crippen molar-refractivity contribution in [3.8, 4) is 0 Å². The van der Waals surface area contributed by atoms with Crippen LogP contribution in [0.5, 0.6) is 0 Å². The summed E-state index contributed by atoms with van der Waals surface area (Å²) in [5.74, 6) is 7.36. The second kappa shape index (κ2) is 7.28. The molecule has 27 heavy (non-hydrogen) atoms. The Balaban J connectivity index is 1.86. The summed E-state index contributed by atoms with van der Waals surface area (Å²) in [7, 11) is 0. The van der Waals surface area contributed by atoms with E-state index in [-0.39, 0.29) is 0 Å². The molecule has 0 amide bonds. The van der Waals surface area contributed by atoms with Crippen LogP contribution in [0.2, 0.25) is 0 Å². The number of piperidine rings is 1. The number of halogens is 1. The molecular formula is C18H22ClN7O. The molecule has 2 aromatic heterocycles. The summed E-state index contributed by atoms with van der Waals surface area (Å²) in [6.07, 6.45) is 8.21. The molecule has 1 saturated heterocycles. The average molecular weight is 388 g/mol. The van der Waals surface area contributed by atoms with E-state index in [4.69, 9.17) is 17.5 Å². The Hall–Kier alpha value is -2.45. The van der Waals surface area contributed by atoms with Gasteiger partial charge in [-0.25, -0.2) is 4.98 Å². The van der Waals surface area contributed by atoms with Gasteiger partial charge in [-0.3, -0.25) is 0 Å². The summed E-state index contributed by atoms with van der Waals surface area (Å²) in [5.41, 5.74) is 3.45. The molecule has 9 heteroatoms. The van der Waals surface area contributed by atoms with E-state index >= 15 is 0 Å². The first-order chi connectivity index (χ1) is 13.1. The van der Waals surface area contributed by atoms with Gasteiger partial charge in [-0.2, -0.15) is 14.6 Å². The fraction of sp³-hybridized carbons (Fsp3) is 0.444. The van der Waals surface area contributed by atoms with Crippen molar-refractivity contribution in [2.24, 2.45) is 17.0 Å². The van der Waals surface area contributed by atoms with Crippen molar-refractivity contribution < 1.29 is 4.94 Å². The van der Waals surface area contributed by atoms with Crippen molar-refractivity contribution >= 4 is 34.5 Å². The summed E-state index contributed by atoms with van der Waals surface area (Å²) in [6, 6.07) is 0. The summed E-state index contributed by atoms with van der Waals surface area (Å²) in [4.78, 5) is 15.7. The molecule has 0 atom stereocenters. The molecule has 8 nitrogen and oxygen atoms in total. The largest absolute Gasteiger partial charge is 0.356 e. The van der Waals surface area contributed by atoms with Crippen LogP contribution < -0.4 is 10.8 Å². The van der Waals surface area contributed by atoms with Crippen LogP contribution in [-0.4, -0.2) is 38.4 Å². The third-order valence-electron chi connectivity index (χ3n) is 5.17. The highest BCUT2D eigenvalue weighted by Gasteiger charge is 2.27. The number of allylic oxidation sites excluding steroid dienone is 4. The van der Waals surface area contributed by atoms with Crippen LogP contribution in [0.4, 0.5) is 5.82 Å². The van der Waals surface area contributed by atoms with Crippen molar-refractivity contribution in [1.82, 2.24) is 19.6 Å². The molecule has 2 N–H and O–H groups in total. The number of hydrogen-bond donors (Lipinski definition) is 1. The highest BCUT2D eigenvalue weighted by atomic mass is 35.5. The van der Waals surface area contributed by atoms with Crippen LogP contribution in [0.25, 0.3) is 11.4 Å². The van der Waals surface area contributed by atoms with Crippen LogP contribution in [0.1, 0.15) is 37.4 Å². The number of nitrogens with two attached hydrogens (primary N) is 1. The van der Waals surface area contributed by atoms with E-state index in [1.807, 2.05) is 17.5 Å². The fourth-order valence-corrected chi connectivity index (χ4v) is 4.00. The van der Waals surface area contributed by atoms with Crippen molar-refractivity contribution in [1.29, 1.82) is 0 Å². The van der Waals surface area contributed by atoms with Crippen LogP contribution in [-0.2, 0) is 4.94 Å². The smallest absolute Gasteiger partial charge is 0.254 e. The van der Waals surface area contributed by atoms with Gasteiger partial charge in [0, 0.05) is 30.6 Å². The van der Waals surface area contributed by atoms with Gasteiger partial charge in [-0.15, -0.1) is 5.90 Å². The van der Waals surface area contributed by atoms with Gasteiger partial charge in [0.2, 0.25) is 0 Å². The first-order valence-electron chi connectivity index (χ1n) is 9.04. The monoisotopic (exact) mass is 387 g/mol. The Bertz CT molecular complexity index is 954. The number of fused-ring (bicyclic) bond motifs is 1. The molecule has 0 radical (unpaired) electrons. The Morgan fingerprint density at radius 2 is 2.11 bits per heavy atom. The molecule has 1 aliphatic heterocycles. The van der Waals surface area contributed by atoms with E-state index in [1.165, 1.54) is 6.33 Å². The molecule has 142 valence electrons. The van der Waals surface area contributed by atoms with Gasteiger partial charge in [-0.05, 0) is 31.8 Å². The van der Waals surface area contributed by atoms with E-state index in [1.54, 1.807) is 6.08 Å². The van der Waals surface area contributed by atoms with Gasteiger partial charge < -0.3 is 9.84 Å². The Morgan fingerprint density at radius 3 is 2.81 bits per heavy atom. The maximum atomic E-state index is 6.60. The minimum absolute atomic E-state index is 0.577. The molecule has 1 fully saturated rings. The minimum atomic E-state index is 0.577. The first kappa shape index (κ1) is 17.9. The molecule has 2 aromatic rings. The third kappa shape index (κ3) is 3.30. The molecule has 0 bridgehead atoms. The quantitative estimate of drug-likeness (QED) is 0.814. The van der Waals surface area contributed by atoms with E-state index in [0.717, 1.165) is 54.5 Å². The molecule has 0 spiro atoms. The van der Waals surface area contributed by atoms with Crippen molar-refractivity contribution in [3.63, 3.8) is 0 Å². The summed E-state index contributed by atoms with van der Waals surface area (Å²) in [5, 5.41) is 8.79. The van der Waals surface area contributed by atoms with Gasteiger partial charge in [0.05, 0.1) is 16.4 Å². The lowest BCUT2D eigenvalue weighted by atomic mass is 9.95. The Morgan fingerprint density at radius 1 is 1.33 bits per heavy atom. The van der Waals surface area contributed by atoms with Crippen LogP contribution >= 0.6 is 11.6 Å². The number of aromatic nitrogens is 4. The average Bonchev–Trinajstić information content (AvgIpc) is 3.10. The molecule has 0 aromatic carbocycles. The van der Waals surface area contributed by atoms with E-state index in [2.05, 4.69) is 37.0 Å². The fourth-order valence-electron chi connectivity index (χ4n) is 3.70. The lowest BCUT2D eigenvalue weighted by Gasteiger charge is -2.34. The lowest BCUT2D eigenvalue weighted by Crippen LogP contribution is -2.35. The van der Waals surface area contributed by atoms with Gasteiger partial charge in [0.1, 0.15) is 12.1 Å². The second-order valence-corrected chi connectivity index (χ2v) is 7.45. The number of nitrogens with zero attached hydrogens (tertiary/aromatic N) is 6. The van der Waals surface area contributed by atoms with Gasteiger partial charge in [-0.1, -0.05) is 29.8 Å². The van der Waals surface area contributed by atoms with Crippen LogP contribution in [0, 0.1) is 12.8 Å². The summed E-state index contributed by atoms with van der Waals surface area (Å²) < 4.78 is 1.82. The minimum Gasteiger partial charge on any atom is -0.356 e. The Labute approximate surface area is 162 Å². The highest BCUT2D eigenvalue weighted by Crippen LogP contribution is 2.38. The standard InChI is InChI=1S/C18H22ClN7O/c1-11-5-7-25(8-6-11)17-16(12(2)23-18-21-10-22-26(17)18)14-4-3-13(24-27-20)9-15(14)19/h4,9-11H,3,5-8,20H2,1-2H3. The molecule has 1 aliphatic carbocycles. The zero-order chi connectivity index (χ0) is 19.0. The third-order valence-corrected chi connectivity index (χ3v) is 5.48. The van der Waals surface area contributed by atoms with Gasteiger partial charge in [0.25, 0.3) is 5.78 Å². The number of aryl methyl sites for hydroxylation is 1. The highest BCUT2D eigenvalue weighted by molar-refractivity contribution is 6.39. The lowest BCUT2D eigenvalue weighted by molar-refractivity contribution is 0.149. The van der Waals surface area contributed by atoms with E-state index < -0.39 is 0 Å². The van der Waals surface area contributed by atoms with E-state index in [9.17, 15) is 0 Å². The molecule has 0 unspecified atom stereocenters. The second-order valence-electron chi connectivity index (χ2n) is 7.04. The predicted molar refractivity (Wildman–Crippen MR) is 105 cm³/mol. The van der Waals surface area contributed by atoms with Crippen molar-refractivity contribution in [2.45, 2.75) is 33.1 Å². The zero-order valence-electron chi connectivity index (χ0n) is 15.4. The SMILES string of the molecule is Cc1nc2ncnn2c(N2CCC(C)CC2)c1C1=CCC(=NON)C=C1Cl. The van der Waals surface area contributed by atoms with E-state index in [0.29, 0.717) is 22.9 Å². The van der Waals surface area contributed by atoms with Crippen molar-refractivity contribution in [3.05, 3.63) is 34.8 Å². The molecular weight excluding hydrogens is 366 g/mol. The van der Waals surface area contributed by atoms with Gasteiger partial charge >= 0.3 is 0 Å². The molecule has 2 aliphatic rings. The molecule has 3 heterocycles. The van der Waals surface area contributed by atoms with Crippen molar-refractivity contribution in [2.75, 3.05) is 18.0 Å². The predicted octanol–water partition coefficient (Wildman–Crippen LogP) is 2.83. The number of oxime groups is 1. The van der Waals surface area contributed by atoms with Crippen LogP contribution in [0.15, 0.2) is 28.7 Å². The molecule has 4 rings (SSSR count). The maximum absolute atomic E-state index is 6.60. The first-order valence-corrected chi connectivity index (χ1v) is 9.42. The van der Waals surface area contributed by atoms with Gasteiger partial charge in [0.15, 0.2) is 0 Å². The number of hydrogen-bond acceptors (Lipinski definition) is 7. The zero-order valence-corrected chi connectivity index (χ0v) is 16.1. The maximum Gasteiger partial charge on any atom is 0.254 e. The topological polar surface area (TPSA) is 93.9 Å². The Kier molecular flexibility index (Phi) is 4.84. The summed E-state index contributed by atoms with van der Waals surface area (Å²) >= 11 is 6.60. The normalized spacial score (nSPS) is 20.1. The summed E-state index contributed by atoms with van der Waals surface area (Å²) in [6.45, 7) is 6.21.